The molecule has 1 amide bonds. The number of hydrogen-bond donors (Lipinski definition) is 1. The first-order chi connectivity index (χ1) is 12.1. The molecule has 0 radical (unpaired) electrons. The number of carbonyl (C=O) groups excluding carboxylic acids is 1. The molecular formula is C19H21FN2O3S. The zero-order valence-electron chi connectivity index (χ0n) is 14.9. The van der Waals surface area contributed by atoms with Crippen molar-refractivity contribution in [1.82, 2.24) is 4.72 Å². The van der Waals surface area contributed by atoms with Gasteiger partial charge in [-0.25, -0.2) is 17.5 Å². The van der Waals surface area contributed by atoms with Gasteiger partial charge in [0, 0.05) is 24.7 Å². The highest BCUT2D eigenvalue weighted by Crippen LogP contribution is 2.30. The minimum atomic E-state index is -3.72. The van der Waals surface area contributed by atoms with Gasteiger partial charge in [0.15, 0.2) is 0 Å². The van der Waals surface area contributed by atoms with Crippen LogP contribution in [0.5, 0.6) is 0 Å². The van der Waals surface area contributed by atoms with E-state index in [0.717, 1.165) is 11.3 Å². The van der Waals surface area contributed by atoms with Gasteiger partial charge in [-0.3, -0.25) is 4.79 Å². The molecule has 0 spiro atoms. The molecule has 1 aliphatic heterocycles. The second kappa shape index (κ2) is 6.48. The fourth-order valence-corrected chi connectivity index (χ4v) is 4.24. The van der Waals surface area contributed by atoms with Crippen LogP contribution < -0.4 is 9.62 Å². The quantitative estimate of drug-likeness (QED) is 0.872. The number of nitrogens with one attached hydrogen (secondary N) is 1. The molecular weight excluding hydrogens is 355 g/mol. The minimum Gasteiger partial charge on any atom is -0.315 e. The molecule has 1 aliphatic rings. The number of hydrogen-bond acceptors (Lipinski definition) is 3. The van der Waals surface area contributed by atoms with Gasteiger partial charge >= 0.3 is 0 Å². The van der Waals surface area contributed by atoms with E-state index in [1.807, 2.05) is 13.8 Å². The largest absolute Gasteiger partial charge is 0.315 e. The number of fused-ring (bicyclic) bond motifs is 1. The lowest BCUT2D eigenvalue weighted by molar-refractivity contribution is -0.117. The highest BCUT2D eigenvalue weighted by Gasteiger charge is 2.28. The molecule has 26 heavy (non-hydrogen) atoms. The van der Waals surface area contributed by atoms with Crippen molar-refractivity contribution in [2.45, 2.75) is 30.6 Å². The maximum atomic E-state index is 13.1. The van der Waals surface area contributed by atoms with Crippen molar-refractivity contribution in [1.29, 1.82) is 0 Å². The predicted octanol–water partition coefficient (Wildman–Crippen LogP) is 2.60. The normalized spacial score (nSPS) is 14.6. The molecule has 0 aromatic heterocycles. The Morgan fingerprint density at radius 3 is 2.46 bits per heavy atom. The first kappa shape index (κ1) is 18.5. The Morgan fingerprint density at radius 2 is 1.81 bits per heavy atom. The average molecular weight is 376 g/mol. The highest BCUT2D eigenvalue weighted by molar-refractivity contribution is 7.89. The van der Waals surface area contributed by atoms with Gasteiger partial charge in [0.1, 0.15) is 5.82 Å². The zero-order valence-corrected chi connectivity index (χ0v) is 15.7. The summed E-state index contributed by atoms with van der Waals surface area (Å²) in [6, 6.07) is 10.7. The number of nitrogens with zero attached hydrogens (tertiary/aromatic N) is 1. The van der Waals surface area contributed by atoms with Crippen LogP contribution in [0.2, 0.25) is 0 Å². The lowest BCUT2D eigenvalue weighted by Crippen LogP contribution is -2.36. The first-order valence-corrected chi connectivity index (χ1v) is 9.74. The average Bonchev–Trinajstić information content (AvgIpc) is 2.88. The third-order valence-corrected chi connectivity index (χ3v) is 6.17. The smallest absolute Gasteiger partial charge is 0.240 e. The summed E-state index contributed by atoms with van der Waals surface area (Å²) in [6.45, 7) is 3.94. The molecule has 3 rings (SSSR count). The molecule has 1 N–H and O–H groups in total. The van der Waals surface area contributed by atoms with Crippen molar-refractivity contribution >= 4 is 21.6 Å². The number of amides is 1. The van der Waals surface area contributed by atoms with E-state index in [4.69, 9.17) is 0 Å². The van der Waals surface area contributed by atoms with Crippen LogP contribution in [0.4, 0.5) is 10.1 Å². The number of benzene rings is 2. The molecule has 0 aliphatic carbocycles. The Hall–Kier alpha value is -2.25. The summed E-state index contributed by atoms with van der Waals surface area (Å²) >= 11 is 0. The second-order valence-electron chi connectivity index (χ2n) is 7.14. The summed E-state index contributed by atoms with van der Waals surface area (Å²) in [7, 11) is -2.05. The van der Waals surface area contributed by atoms with Crippen molar-refractivity contribution in [3.63, 3.8) is 0 Å². The number of sulfonamides is 1. The molecule has 0 bridgehead atoms. The van der Waals surface area contributed by atoms with Gasteiger partial charge in [-0.05, 0) is 41.5 Å². The van der Waals surface area contributed by atoms with Gasteiger partial charge in [-0.2, -0.15) is 0 Å². The third-order valence-electron chi connectivity index (χ3n) is 4.77. The Kier molecular flexibility index (Phi) is 4.62. The van der Waals surface area contributed by atoms with Gasteiger partial charge < -0.3 is 4.90 Å². The van der Waals surface area contributed by atoms with Crippen molar-refractivity contribution in [3.05, 3.63) is 59.4 Å². The van der Waals surface area contributed by atoms with Gasteiger partial charge in [0.05, 0.1) is 11.3 Å². The molecule has 2 aromatic carbocycles. The van der Waals surface area contributed by atoms with E-state index in [1.54, 1.807) is 31.3 Å². The number of likely N-dealkylation sites (N-methyl/N-ethyl adjacent to an activating group) is 1. The maximum Gasteiger partial charge on any atom is 0.240 e. The van der Waals surface area contributed by atoms with E-state index >= 15 is 0 Å². The van der Waals surface area contributed by atoms with E-state index in [9.17, 15) is 17.6 Å². The van der Waals surface area contributed by atoms with Crippen LogP contribution in [0, 0.1) is 5.82 Å². The number of anilines is 1. The molecule has 138 valence electrons. The summed E-state index contributed by atoms with van der Waals surface area (Å²) in [5, 5.41) is 0. The molecule has 7 heteroatoms. The first-order valence-electron chi connectivity index (χ1n) is 8.25. The van der Waals surface area contributed by atoms with Crippen LogP contribution >= 0.6 is 0 Å². The molecule has 0 fully saturated rings. The lowest BCUT2D eigenvalue weighted by atomic mass is 9.85. The minimum absolute atomic E-state index is 0.0556. The summed E-state index contributed by atoms with van der Waals surface area (Å²) in [5.41, 5.74) is 1.77. The molecule has 5 nitrogen and oxygen atoms in total. The summed E-state index contributed by atoms with van der Waals surface area (Å²) in [4.78, 5) is 13.4. The number of rotatable bonds is 5. The second-order valence-corrected chi connectivity index (χ2v) is 8.90. The van der Waals surface area contributed by atoms with Gasteiger partial charge in [0.25, 0.3) is 0 Å². The van der Waals surface area contributed by atoms with Gasteiger partial charge in [-0.1, -0.05) is 26.0 Å². The molecule has 0 saturated heterocycles. The van der Waals surface area contributed by atoms with Crippen LogP contribution in [0.3, 0.4) is 0 Å². The Bertz CT molecular complexity index is 953. The van der Waals surface area contributed by atoms with E-state index in [2.05, 4.69) is 4.72 Å². The van der Waals surface area contributed by atoms with Crippen LogP contribution in [-0.4, -0.2) is 27.9 Å². The van der Waals surface area contributed by atoms with Gasteiger partial charge in [-0.15, -0.1) is 0 Å². The van der Waals surface area contributed by atoms with Crippen molar-refractivity contribution in [2.24, 2.45) is 0 Å². The fraction of sp³-hybridized carbons (Fsp3) is 0.316. The number of carbonyl (C=O) groups is 1. The summed E-state index contributed by atoms with van der Waals surface area (Å²) in [6.07, 6.45) is 0.205. The topological polar surface area (TPSA) is 66.5 Å². The van der Waals surface area contributed by atoms with Crippen LogP contribution in [0.15, 0.2) is 47.4 Å². The number of halogens is 1. The monoisotopic (exact) mass is 376 g/mol. The third kappa shape index (κ3) is 3.50. The molecule has 0 unspecified atom stereocenters. The fourth-order valence-electron chi connectivity index (χ4n) is 2.98. The highest BCUT2D eigenvalue weighted by atomic mass is 32.2. The lowest BCUT2D eigenvalue weighted by Gasteiger charge is -2.25. The van der Waals surface area contributed by atoms with Crippen molar-refractivity contribution in [2.75, 3.05) is 18.5 Å². The Morgan fingerprint density at radius 1 is 1.15 bits per heavy atom. The molecule has 0 saturated carbocycles. The van der Waals surface area contributed by atoms with E-state index < -0.39 is 15.4 Å². The zero-order chi connectivity index (χ0) is 19.1. The van der Waals surface area contributed by atoms with Crippen molar-refractivity contribution < 1.29 is 17.6 Å². The van der Waals surface area contributed by atoms with Crippen LogP contribution in [0.25, 0.3) is 0 Å². The molecule has 1 heterocycles. The Balaban J connectivity index is 1.78. The van der Waals surface area contributed by atoms with E-state index in [0.29, 0.717) is 5.56 Å². The van der Waals surface area contributed by atoms with Crippen LogP contribution in [-0.2, 0) is 26.7 Å². The molecule has 2 aromatic rings. The summed E-state index contributed by atoms with van der Waals surface area (Å²) in [5.74, 6) is -0.386. The summed E-state index contributed by atoms with van der Waals surface area (Å²) < 4.78 is 41.0. The van der Waals surface area contributed by atoms with Gasteiger partial charge in [0.2, 0.25) is 15.9 Å². The Labute approximate surface area is 152 Å². The SMILES string of the molecule is CN1C(=O)Cc2cc(S(=O)(=O)NCC(C)(C)c3ccc(F)cc3)ccc21. The maximum absolute atomic E-state index is 13.1. The standard InChI is InChI=1S/C19H21FN2O3S/c1-19(2,14-4-6-15(20)7-5-14)12-21-26(24,25)16-8-9-17-13(10-16)11-18(23)22(17)3/h4-10,21H,11-12H2,1-3H3. The van der Waals surface area contributed by atoms with Crippen molar-refractivity contribution in [3.8, 4) is 0 Å². The molecule has 0 atom stereocenters. The van der Waals surface area contributed by atoms with Crippen LogP contribution in [0.1, 0.15) is 25.0 Å². The predicted molar refractivity (Wildman–Crippen MR) is 98.2 cm³/mol. The van der Waals surface area contributed by atoms with E-state index in [-0.39, 0.29) is 29.6 Å². The van der Waals surface area contributed by atoms with E-state index in [1.165, 1.54) is 23.1 Å².